The van der Waals surface area contributed by atoms with Crippen LogP contribution in [0.25, 0.3) is 10.8 Å². The third kappa shape index (κ3) is 1.68. The molecule has 1 unspecified atom stereocenters. The Bertz CT molecular complexity index is 582. The minimum Gasteiger partial charge on any atom is -0.454 e. The molecule has 0 saturated heterocycles. The molecule has 1 aromatic heterocycles. The number of benzene rings is 1. The summed E-state index contributed by atoms with van der Waals surface area (Å²) in [5.41, 5.74) is 6.46. The maximum absolute atomic E-state index is 9.36. The number of pyridine rings is 1. The summed E-state index contributed by atoms with van der Waals surface area (Å²) in [7, 11) is 0. The highest BCUT2D eigenvalue weighted by molar-refractivity contribution is 5.88. The first kappa shape index (κ1) is 11.3. The summed E-state index contributed by atoms with van der Waals surface area (Å²) in [5.74, 6) is 1.30. The van der Waals surface area contributed by atoms with Crippen LogP contribution < -0.4 is 15.2 Å². The second-order valence-electron chi connectivity index (χ2n) is 4.24. The molecule has 2 aromatic rings. The highest BCUT2D eigenvalue weighted by Crippen LogP contribution is 2.37. The predicted octanol–water partition coefficient (Wildman–Crippen LogP) is 0.998. The zero-order valence-electron chi connectivity index (χ0n) is 9.80. The van der Waals surface area contributed by atoms with E-state index in [9.17, 15) is 5.11 Å². The molecule has 0 radical (unpaired) electrons. The number of nitrogens with zero attached hydrogens (tertiary/aromatic N) is 1. The molecule has 3 rings (SSSR count). The van der Waals surface area contributed by atoms with Crippen molar-refractivity contribution >= 4 is 10.8 Å². The topological polar surface area (TPSA) is 77.6 Å². The SMILES string of the molecule is NCC(CO)c1nccc2cc3c(cc12)OCO3. The van der Waals surface area contributed by atoms with Gasteiger partial charge in [0.15, 0.2) is 11.5 Å². The van der Waals surface area contributed by atoms with Crippen molar-refractivity contribution in [3.63, 3.8) is 0 Å². The fourth-order valence-electron chi connectivity index (χ4n) is 2.18. The summed E-state index contributed by atoms with van der Waals surface area (Å²) in [6.07, 6.45) is 1.72. The van der Waals surface area contributed by atoms with Gasteiger partial charge < -0.3 is 20.3 Å². The van der Waals surface area contributed by atoms with Crippen molar-refractivity contribution in [3.05, 3.63) is 30.1 Å². The number of hydrogen-bond acceptors (Lipinski definition) is 5. The van der Waals surface area contributed by atoms with E-state index in [-0.39, 0.29) is 19.3 Å². The normalized spacial score (nSPS) is 15.0. The molecular weight excluding hydrogens is 232 g/mol. The number of aromatic nitrogens is 1. The average Bonchev–Trinajstić information content (AvgIpc) is 2.85. The Morgan fingerprint density at radius 2 is 2.11 bits per heavy atom. The molecule has 1 aliphatic rings. The van der Waals surface area contributed by atoms with Gasteiger partial charge in [-0.3, -0.25) is 4.98 Å². The Morgan fingerprint density at radius 1 is 1.33 bits per heavy atom. The summed E-state index contributed by atoms with van der Waals surface area (Å²) >= 11 is 0. The molecule has 0 fully saturated rings. The monoisotopic (exact) mass is 246 g/mol. The zero-order valence-corrected chi connectivity index (χ0v) is 9.80. The van der Waals surface area contributed by atoms with Gasteiger partial charge in [0, 0.05) is 24.0 Å². The summed E-state index contributed by atoms with van der Waals surface area (Å²) in [4.78, 5) is 4.34. The Balaban J connectivity index is 2.20. The Labute approximate surface area is 104 Å². The van der Waals surface area contributed by atoms with Crippen LogP contribution >= 0.6 is 0 Å². The van der Waals surface area contributed by atoms with Crippen molar-refractivity contribution in [1.29, 1.82) is 0 Å². The van der Waals surface area contributed by atoms with Crippen molar-refractivity contribution in [3.8, 4) is 11.5 Å². The smallest absolute Gasteiger partial charge is 0.231 e. The number of fused-ring (bicyclic) bond motifs is 2. The van der Waals surface area contributed by atoms with Gasteiger partial charge in [-0.15, -0.1) is 0 Å². The van der Waals surface area contributed by atoms with Crippen LogP contribution in [-0.2, 0) is 0 Å². The Hall–Kier alpha value is -1.85. The van der Waals surface area contributed by atoms with Gasteiger partial charge in [0.25, 0.3) is 0 Å². The van der Waals surface area contributed by atoms with Gasteiger partial charge in [0.05, 0.1) is 12.3 Å². The lowest BCUT2D eigenvalue weighted by molar-refractivity contribution is 0.174. The van der Waals surface area contributed by atoms with E-state index in [1.54, 1.807) is 6.20 Å². The number of rotatable bonds is 3. The third-order valence-corrected chi connectivity index (χ3v) is 3.18. The lowest BCUT2D eigenvalue weighted by atomic mass is 9.99. The quantitative estimate of drug-likeness (QED) is 0.844. The van der Waals surface area contributed by atoms with E-state index in [2.05, 4.69) is 4.98 Å². The van der Waals surface area contributed by atoms with Crippen molar-refractivity contribution in [2.24, 2.45) is 5.73 Å². The van der Waals surface area contributed by atoms with Crippen LogP contribution in [0.3, 0.4) is 0 Å². The van der Waals surface area contributed by atoms with Gasteiger partial charge >= 0.3 is 0 Å². The molecule has 1 aromatic carbocycles. The molecule has 0 aliphatic carbocycles. The van der Waals surface area contributed by atoms with Crippen LogP contribution in [0.2, 0.25) is 0 Å². The fraction of sp³-hybridized carbons (Fsp3) is 0.308. The molecule has 1 aliphatic heterocycles. The van der Waals surface area contributed by atoms with Crippen LogP contribution in [0.1, 0.15) is 11.6 Å². The first-order valence-electron chi connectivity index (χ1n) is 5.82. The third-order valence-electron chi connectivity index (χ3n) is 3.18. The van der Waals surface area contributed by atoms with Crippen LogP contribution in [0, 0.1) is 0 Å². The Kier molecular flexibility index (Phi) is 2.77. The Morgan fingerprint density at radius 3 is 2.83 bits per heavy atom. The number of aliphatic hydroxyl groups is 1. The molecule has 1 atom stereocenters. The highest BCUT2D eigenvalue weighted by atomic mass is 16.7. The highest BCUT2D eigenvalue weighted by Gasteiger charge is 2.18. The van der Waals surface area contributed by atoms with E-state index in [0.29, 0.717) is 12.3 Å². The van der Waals surface area contributed by atoms with E-state index in [0.717, 1.165) is 22.2 Å². The first-order valence-corrected chi connectivity index (χ1v) is 5.82. The lowest BCUT2D eigenvalue weighted by Gasteiger charge is -2.13. The van der Waals surface area contributed by atoms with Crippen LogP contribution in [0.5, 0.6) is 11.5 Å². The van der Waals surface area contributed by atoms with Crippen molar-refractivity contribution in [2.75, 3.05) is 19.9 Å². The standard InChI is InChI=1S/C13H14N2O3/c14-5-9(6-16)13-10-4-12-11(17-7-18-12)3-8(10)1-2-15-13/h1-4,9,16H,5-7,14H2. The van der Waals surface area contributed by atoms with Gasteiger partial charge in [0.1, 0.15) is 0 Å². The number of nitrogens with two attached hydrogens (primary N) is 1. The van der Waals surface area contributed by atoms with Gasteiger partial charge in [-0.1, -0.05) is 0 Å². The first-order chi connectivity index (χ1) is 8.83. The summed E-state index contributed by atoms with van der Waals surface area (Å²) < 4.78 is 10.7. The van der Waals surface area contributed by atoms with E-state index < -0.39 is 0 Å². The van der Waals surface area contributed by atoms with Crippen molar-refractivity contribution in [1.82, 2.24) is 4.98 Å². The molecule has 0 bridgehead atoms. The fourth-order valence-corrected chi connectivity index (χ4v) is 2.18. The summed E-state index contributed by atoms with van der Waals surface area (Å²) in [6.45, 7) is 0.586. The van der Waals surface area contributed by atoms with Crippen molar-refractivity contribution in [2.45, 2.75) is 5.92 Å². The predicted molar refractivity (Wildman–Crippen MR) is 66.7 cm³/mol. The second kappa shape index (κ2) is 4.44. The number of aliphatic hydroxyl groups excluding tert-OH is 1. The molecule has 5 nitrogen and oxygen atoms in total. The lowest BCUT2D eigenvalue weighted by Crippen LogP contribution is -2.17. The molecule has 94 valence electrons. The van der Waals surface area contributed by atoms with Gasteiger partial charge in [-0.25, -0.2) is 0 Å². The average molecular weight is 246 g/mol. The van der Waals surface area contributed by atoms with Crippen molar-refractivity contribution < 1.29 is 14.6 Å². The molecule has 18 heavy (non-hydrogen) atoms. The van der Waals surface area contributed by atoms with Gasteiger partial charge in [0.2, 0.25) is 6.79 Å². The molecule has 0 saturated carbocycles. The van der Waals surface area contributed by atoms with E-state index in [4.69, 9.17) is 15.2 Å². The maximum atomic E-state index is 9.36. The van der Waals surface area contributed by atoms with E-state index in [1.807, 2.05) is 18.2 Å². The maximum Gasteiger partial charge on any atom is 0.231 e. The molecule has 3 N–H and O–H groups in total. The summed E-state index contributed by atoms with van der Waals surface area (Å²) in [5, 5.41) is 11.3. The minimum atomic E-state index is -0.158. The molecular formula is C13H14N2O3. The number of hydrogen-bond donors (Lipinski definition) is 2. The second-order valence-corrected chi connectivity index (χ2v) is 4.24. The van der Waals surface area contributed by atoms with Crippen LogP contribution in [0.4, 0.5) is 0 Å². The van der Waals surface area contributed by atoms with Crippen LogP contribution in [-0.4, -0.2) is 30.0 Å². The molecule has 2 heterocycles. The van der Waals surface area contributed by atoms with E-state index >= 15 is 0 Å². The van der Waals surface area contributed by atoms with Gasteiger partial charge in [-0.2, -0.15) is 0 Å². The zero-order chi connectivity index (χ0) is 12.5. The molecule has 0 amide bonds. The van der Waals surface area contributed by atoms with Crippen LogP contribution in [0.15, 0.2) is 24.4 Å². The van der Waals surface area contributed by atoms with Gasteiger partial charge in [-0.05, 0) is 23.6 Å². The minimum absolute atomic E-state index is 0.0168. The number of ether oxygens (including phenoxy) is 2. The molecule has 5 heteroatoms. The molecule has 0 spiro atoms. The van der Waals surface area contributed by atoms with E-state index in [1.165, 1.54) is 0 Å². The summed E-state index contributed by atoms with van der Waals surface area (Å²) in [6, 6.07) is 5.73. The largest absolute Gasteiger partial charge is 0.454 e.